The zero-order valence-corrected chi connectivity index (χ0v) is 19.9. The lowest BCUT2D eigenvalue weighted by atomic mass is 9.98. The van der Waals surface area contributed by atoms with Gasteiger partial charge in [0.25, 0.3) is 5.91 Å². The summed E-state index contributed by atoms with van der Waals surface area (Å²) < 4.78 is 5.59. The molecular formula is C26H25N3O5S. The van der Waals surface area contributed by atoms with Gasteiger partial charge >= 0.3 is 12.1 Å². The maximum Gasteiger partial charge on any atom is 0.407 e. The van der Waals surface area contributed by atoms with Gasteiger partial charge in [0.1, 0.15) is 17.3 Å². The van der Waals surface area contributed by atoms with E-state index in [2.05, 4.69) is 39.9 Å². The van der Waals surface area contributed by atoms with Gasteiger partial charge in [0, 0.05) is 17.8 Å². The number of benzene rings is 2. The van der Waals surface area contributed by atoms with E-state index in [1.807, 2.05) is 24.3 Å². The molecule has 9 heteroatoms. The molecule has 2 aromatic carbocycles. The van der Waals surface area contributed by atoms with Crippen LogP contribution < -0.4 is 10.6 Å². The first kappa shape index (κ1) is 23.0. The fourth-order valence-corrected chi connectivity index (χ4v) is 5.37. The van der Waals surface area contributed by atoms with Crippen molar-refractivity contribution in [3.05, 3.63) is 75.7 Å². The number of carbonyl (C=O) groups excluding carboxylic acids is 2. The number of amides is 2. The largest absolute Gasteiger partial charge is 0.481 e. The van der Waals surface area contributed by atoms with Crippen molar-refractivity contribution in [1.82, 2.24) is 15.6 Å². The van der Waals surface area contributed by atoms with Crippen molar-refractivity contribution in [2.75, 3.05) is 13.2 Å². The molecule has 1 unspecified atom stereocenters. The van der Waals surface area contributed by atoms with E-state index in [0.29, 0.717) is 18.0 Å². The summed E-state index contributed by atoms with van der Waals surface area (Å²) in [6, 6.07) is 15.9. The molecule has 2 amide bonds. The Morgan fingerprint density at radius 2 is 1.77 bits per heavy atom. The van der Waals surface area contributed by atoms with Crippen molar-refractivity contribution in [3.63, 3.8) is 0 Å². The smallest absolute Gasteiger partial charge is 0.407 e. The van der Waals surface area contributed by atoms with Gasteiger partial charge in [0.15, 0.2) is 0 Å². The lowest BCUT2D eigenvalue weighted by Crippen LogP contribution is -2.29. The second kappa shape index (κ2) is 9.50. The fourth-order valence-electron chi connectivity index (χ4n) is 4.56. The lowest BCUT2D eigenvalue weighted by Gasteiger charge is -2.16. The van der Waals surface area contributed by atoms with Crippen molar-refractivity contribution in [3.8, 4) is 11.1 Å². The van der Waals surface area contributed by atoms with Crippen LogP contribution in [0.3, 0.4) is 0 Å². The molecule has 1 heterocycles. The van der Waals surface area contributed by atoms with Gasteiger partial charge in [-0.2, -0.15) is 0 Å². The Hall–Kier alpha value is -3.72. The van der Waals surface area contributed by atoms with Crippen molar-refractivity contribution in [2.45, 2.75) is 25.3 Å². The lowest BCUT2D eigenvalue weighted by molar-refractivity contribution is -0.138. The first-order valence-electron chi connectivity index (χ1n) is 11.5. The first-order chi connectivity index (χ1) is 16.9. The molecule has 3 atom stereocenters. The van der Waals surface area contributed by atoms with Crippen LogP contribution in [0.5, 0.6) is 0 Å². The molecular weight excluding hydrogens is 466 g/mol. The van der Waals surface area contributed by atoms with Crippen LogP contribution in [0.2, 0.25) is 0 Å². The summed E-state index contributed by atoms with van der Waals surface area (Å²) in [5.41, 5.74) is 4.87. The summed E-state index contributed by atoms with van der Waals surface area (Å²) >= 11 is 1.27. The van der Waals surface area contributed by atoms with Gasteiger partial charge in [0.2, 0.25) is 0 Å². The summed E-state index contributed by atoms with van der Waals surface area (Å²) in [5, 5.41) is 16.7. The molecule has 0 saturated heterocycles. The summed E-state index contributed by atoms with van der Waals surface area (Å²) in [4.78, 5) is 40.1. The first-order valence-corrected chi connectivity index (χ1v) is 12.4. The van der Waals surface area contributed by atoms with Crippen molar-refractivity contribution in [1.29, 1.82) is 0 Å². The predicted molar refractivity (Wildman–Crippen MR) is 130 cm³/mol. The van der Waals surface area contributed by atoms with Gasteiger partial charge in [-0.15, -0.1) is 11.3 Å². The Morgan fingerprint density at radius 3 is 2.40 bits per heavy atom. The quantitative estimate of drug-likeness (QED) is 0.435. The SMILES string of the molecule is CC(NC(=O)OCC1c2ccccc2-c2ccccc21)c1nc(C(=O)NC[C@@H]2C[C@@H]2C(=O)O)cs1. The second-order valence-corrected chi connectivity index (χ2v) is 9.80. The van der Waals surface area contributed by atoms with Gasteiger partial charge in [-0.25, -0.2) is 9.78 Å². The fraction of sp³-hybridized carbons (Fsp3) is 0.308. The number of alkyl carbamates (subject to hydrolysis) is 1. The van der Waals surface area contributed by atoms with Crippen molar-refractivity contribution < 1.29 is 24.2 Å². The van der Waals surface area contributed by atoms with Crippen molar-refractivity contribution >= 4 is 29.3 Å². The van der Waals surface area contributed by atoms with Gasteiger partial charge in [-0.1, -0.05) is 48.5 Å². The van der Waals surface area contributed by atoms with Crippen LogP contribution in [0.4, 0.5) is 4.79 Å². The highest BCUT2D eigenvalue weighted by atomic mass is 32.1. The summed E-state index contributed by atoms with van der Waals surface area (Å²) in [6.07, 6.45) is 0.0351. The highest BCUT2D eigenvalue weighted by Crippen LogP contribution is 2.44. The molecule has 2 aliphatic rings. The van der Waals surface area contributed by atoms with E-state index in [1.54, 1.807) is 12.3 Å². The minimum Gasteiger partial charge on any atom is -0.481 e. The zero-order valence-electron chi connectivity index (χ0n) is 19.1. The second-order valence-electron chi connectivity index (χ2n) is 8.91. The molecule has 0 spiro atoms. The van der Waals surface area contributed by atoms with Gasteiger partial charge < -0.3 is 20.5 Å². The highest BCUT2D eigenvalue weighted by molar-refractivity contribution is 7.09. The molecule has 0 bridgehead atoms. The maximum atomic E-state index is 12.5. The van der Waals surface area contributed by atoms with E-state index in [4.69, 9.17) is 9.84 Å². The van der Waals surface area contributed by atoms with Gasteiger partial charge in [-0.3, -0.25) is 9.59 Å². The van der Waals surface area contributed by atoms with Crippen molar-refractivity contribution in [2.24, 2.45) is 11.8 Å². The number of ether oxygens (including phenoxy) is 1. The van der Waals surface area contributed by atoms with Crippen LogP contribution in [-0.4, -0.2) is 41.2 Å². The van der Waals surface area contributed by atoms with Crippen LogP contribution >= 0.6 is 11.3 Å². The molecule has 0 aliphatic heterocycles. The molecule has 180 valence electrons. The Kier molecular flexibility index (Phi) is 6.25. The summed E-state index contributed by atoms with van der Waals surface area (Å²) in [7, 11) is 0. The molecule has 2 aliphatic carbocycles. The highest BCUT2D eigenvalue weighted by Gasteiger charge is 2.43. The topological polar surface area (TPSA) is 118 Å². The average Bonchev–Trinajstić information content (AvgIpc) is 3.34. The van der Waals surface area contributed by atoms with E-state index < -0.39 is 18.1 Å². The normalized spacial score (nSPS) is 18.8. The number of nitrogens with zero attached hydrogens (tertiary/aromatic N) is 1. The Balaban J connectivity index is 1.14. The molecule has 8 nitrogen and oxygen atoms in total. The number of aromatic nitrogens is 1. The van der Waals surface area contributed by atoms with E-state index in [9.17, 15) is 14.4 Å². The molecule has 35 heavy (non-hydrogen) atoms. The van der Waals surface area contributed by atoms with Crippen LogP contribution in [0, 0.1) is 11.8 Å². The zero-order chi connectivity index (χ0) is 24.5. The van der Waals surface area contributed by atoms with E-state index in [-0.39, 0.29) is 36.0 Å². The maximum absolute atomic E-state index is 12.5. The minimum atomic E-state index is -0.826. The number of thiazole rings is 1. The number of nitrogens with one attached hydrogen (secondary N) is 2. The Morgan fingerprint density at radius 1 is 1.11 bits per heavy atom. The number of carboxylic acid groups (broad SMARTS) is 1. The monoisotopic (exact) mass is 491 g/mol. The molecule has 3 N–H and O–H groups in total. The number of hydrogen-bond acceptors (Lipinski definition) is 6. The molecule has 0 radical (unpaired) electrons. The minimum absolute atomic E-state index is 0.0224. The Labute approximate surface area is 206 Å². The van der Waals surface area contributed by atoms with Gasteiger partial charge in [0.05, 0.1) is 12.0 Å². The van der Waals surface area contributed by atoms with E-state index >= 15 is 0 Å². The number of carboxylic acids is 1. The summed E-state index contributed by atoms with van der Waals surface area (Å²) in [5.74, 6) is -1.59. The Bertz CT molecular complexity index is 1240. The number of carbonyl (C=O) groups is 3. The molecule has 5 rings (SSSR count). The van der Waals surface area contributed by atoms with Crippen LogP contribution in [0.25, 0.3) is 11.1 Å². The van der Waals surface area contributed by atoms with E-state index in [0.717, 1.165) is 11.1 Å². The molecule has 3 aromatic rings. The third-order valence-electron chi connectivity index (χ3n) is 6.57. The molecule has 1 saturated carbocycles. The standard InChI is InChI=1S/C26H25N3O5S/c1-14(24-29-22(13-35-24)23(30)27-11-15-10-20(15)25(31)32)28-26(33)34-12-21-18-8-4-2-6-16(18)17-7-3-5-9-19(17)21/h2-9,13-15,20-21H,10-12H2,1H3,(H,27,30)(H,28,33)(H,31,32)/t14?,15-,20-/m0/s1. The molecule has 1 fully saturated rings. The number of aliphatic carboxylic acids is 1. The number of fused-ring (bicyclic) bond motifs is 3. The van der Waals surface area contributed by atoms with Crippen LogP contribution in [0.15, 0.2) is 53.9 Å². The number of hydrogen-bond donors (Lipinski definition) is 3. The van der Waals surface area contributed by atoms with Crippen LogP contribution in [-0.2, 0) is 9.53 Å². The third kappa shape index (κ3) is 4.77. The molecule has 1 aromatic heterocycles. The summed E-state index contributed by atoms with van der Waals surface area (Å²) in [6.45, 7) is 2.32. The predicted octanol–water partition coefficient (Wildman–Crippen LogP) is 4.19. The average molecular weight is 492 g/mol. The van der Waals surface area contributed by atoms with Crippen LogP contribution in [0.1, 0.15) is 51.9 Å². The third-order valence-corrected chi connectivity index (χ3v) is 7.60. The number of rotatable bonds is 8. The van der Waals surface area contributed by atoms with E-state index in [1.165, 1.54) is 22.5 Å². The van der Waals surface area contributed by atoms with Gasteiger partial charge in [-0.05, 0) is 41.5 Å².